The molecule has 1 aliphatic heterocycles. The molecular weight excluding hydrogens is 256 g/mol. The highest BCUT2D eigenvalue weighted by atomic mass is 32.1. The molecule has 1 N–H and O–H groups in total. The first kappa shape index (κ1) is 12.7. The summed E-state index contributed by atoms with van der Waals surface area (Å²) in [4.78, 5) is 35.6. The molecule has 1 amide bonds. The molecule has 2 rings (SSSR count). The predicted molar refractivity (Wildman–Crippen MR) is 65.0 cm³/mol. The van der Waals surface area contributed by atoms with Gasteiger partial charge in [-0.1, -0.05) is 0 Å². The third-order valence-electron chi connectivity index (χ3n) is 2.92. The topological polar surface area (TPSA) is 87.6 Å². The van der Waals surface area contributed by atoms with Gasteiger partial charge in [-0.2, -0.15) is 4.37 Å². The van der Waals surface area contributed by atoms with Crippen molar-refractivity contribution in [2.24, 2.45) is 5.92 Å². The van der Waals surface area contributed by atoms with Gasteiger partial charge in [0.25, 0.3) is 0 Å². The molecule has 7 heteroatoms. The monoisotopic (exact) mass is 268 g/mol. The number of anilines is 1. The minimum atomic E-state index is -0.989. The average molecular weight is 268 g/mol. The largest absolute Gasteiger partial charge is 0.481 e. The molecule has 2 heterocycles. The zero-order valence-electron chi connectivity index (χ0n) is 9.97. The van der Waals surface area contributed by atoms with Crippen molar-refractivity contribution >= 4 is 34.2 Å². The minimum absolute atomic E-state index is 0.0242. The van der Waals surface area contributed by atoms with Gasteiger partial charge in [-0.15, -0.1) is 0 Å². The molecule has 1 unspecified atom stereocenters. The van der Waals surface area contributed by atoms with E-state index in [-0.39, 0.29) is 24.7 Å². The molecule has 1 fully saturated rings. The Labute approximate surface area is 107 Å². The lowest BCUT2D eigenvalue weighted by Gasteiger charge is -2.14. The lowest BCUT2D eigenvalue weighted by atomic mass is 10.1. The maximum Gasteiger partial charge on any atom is 0.308 e. The van der Waals surface area contributed by atoms with Gasteiger partial charge in [-0.05, 0) is 25.4 Å². The van der Waals surface area contributed by atoms with E-state index in [1.165, 1.54) is 11.8 Å². The normalized spacial score (nSPS) is 19.3. The van der Waals surface area contributed by atoms with Gasteiger partial charge in [0.1, 0.15) is 5.00 Å². The standard InChI is InChI=1S/C11H12N2O4S/c1-5-9(6(2)14)10(18-12-5)13-4-7(11(16)17)3-8(13)15/h7H,3-4H2,1-2H3,(H,16,17). The number of aromatic nitrogens is 1. The van der Waals surface area contributed by atoms with E-state index in [0.29, 0.717) is 16.3 Å². The Hall–Kier alpha value is -1.76. The fourth-order valence-electron chi connectivity index (χ4n) is 2.02. The van der Waals surface area contributed by atoms with Crippen LogP contribution in [0.3, 0.4) is 0 Å². The minimum Gasteiger partial charge on any atom is -0.481 e. The molecule has 1 aromatic rings. The van der Waals surface area contributed by atoms with Gasteiger partial charge >= 0.3 is 5.97 Å². The summed E-state index contributed by atoms with van der Waals surface area (Å²) in [5.74, 6) is -2.13. The number of carbonyl (C=O) groups is 3. The highest BCUT2D eigenvalue weighted by Gasteiger charge is 2.37. The number of hydrogen-bond acceptors (Lipinski definition) is 5. The summed E-state index contributed by atoms with van der Waals surface area (Å²) < 4.78 is 4.07. The van der Waals surface area contributed by atoms with Crippen LogP contribution in [0, 0.1) is 12.8 Å². The summed E-state index contributed by atoms with van der Waals surface area (Å²) in [5.41, 5.74) is 0.994. The van der Waals surface area contributed by atoms with Gasteiger partial charge in [0.15, 0.2) is 5.78 Å². The van der Waals surface area contributed by atoms with Crippen LogP contribution in [-0.2, 0) is 9.59 Å². The number of ketones is 1. The lowest BCUT2D eigenvalue weighted by molar-refractivity contribution is -0.141. The van der Waals surface area contributed by atoms with Crippen molar-refractivity contribution in [3.8, 4) is 0 Å². The first-order chi connectivity index (χ1) is 8.41. The van der Waals surface area contributed by atoms with E-state index in [4.69, 9.17) is 5.11 Å². The van der Waals surface area contributed by atoms with Gasteiger partial charge in [0.2, 0.25) is 5.91 Å². The van der Waals surface area contributed by atoms with Crippen LogP contribution >= 0.6 is 11.5 Å². The molecule has 6 nitrogen and oxygen atoms in total. The zero-order valence-corrected chi connectivity index (χ0v) is 10.8. The Morgan fingerprint density at radius 3 is 2.67 bits per heavy atom. The number of carboxylic acid groups (broad SMARTS) is 1. The summed E-state index contributed by atoms with van der Waals surface area (Å²) in [5, 5.41) is 9.39. The van der Waals surface area contributed by atoms with Crippen LogP contribution < -0.4 is 4.90 Å². The van der Waals surface area contributed by atoms with Gasteiger partial charge in [-0.3, -0.25) is 14.4 Å². The van der Waals surface area contributed by atoms with Crippen LogP contribution in [0.1, 0.15) is 29.4 Å². The van der Waals surface area contributed by atoms with Gasteiger partial charge in [0.05, 0.1) is 17.2 Å². The quantitative estimate of drug-likeness (QED) is 0.829. The van der Waals surface area contributed by atoms with Crippen LogP contribution in [0.2, 0.25) is 0 Å². The Kier molecular flexibility index (Phi) is 3.16. The maximum absolute atomic E-state index is 11.8. The van der Waals surface area contributed by atoms with Gasteiger partial charge in [-0.25, -0.2) is 0 Å². The summed E-state index contributed by atoms with van der Waals surface area (Å²) in [6.07, 6.45) is -0.0242. The molecule has 0 bridgehead atoms. The molecule has 1 atom stereocenters. The molecule has 0 aliphatic carbocycles. The Balaban J connectivity index is 2.36. The Morgan fingerprint density at radius 2 is 2.17 bits per heavy atom. The van der Waals surface area contributed by atoms with Crippen LogP contribution in [0.15, 0.2) is 0 Å². The molecule has 0 aromatic carbocycles. The fourth-order valence-corrected chi connectivity index (χ4v) is 2.99. The molecule has 1 saturated heterocycles. The van der Waals surface area contributed by atoms with E-state index in [1.807, 2.05) is 0 Å². The number of aliphatic carboxylic acids is 1. The summed E-state index contributed by atoms with van der Waals surface area (Å²) in [6, 6.07) is 0. The molecule has 0 saturated carbocycles. The molecule has 0 radical (unpaired) electrons. The van der Waals surface area contributed by atoms with E-state index in [2.05, 4.69) is 4.37 Å². The van der Waals surface area contributed by atoms with E-state index in [1.54, 1.807) is 6.92 Å². The van der Waals surface area contributed by atoms with Crippen LogP contribution in [-0.4, -0.2) is 33.7 Å². The van der Waals surface area contributed by atoms with Gasteiger partial charge < -0.3 is 10.0 Å². The number of aryl methyl sites for hydroxylation is 1. The fraction of sp³-hybridized carbons (Fsp3) is 0.455. The number of rotatable bonds is 3. The predicted octanol–water partition coefficient (Wildman–Crippen LogP) is 1.09. The molecule has 18 heavy (non-hydrogen) atoms. The third kappa shape index (κ3) is 2.01. The molecule has 1 aromatic heterocycles. The number of carbonyl (C=O) groups excluding carboxylic acids is 2. The van der Waals surface area contributed by atoms with Crippen molar-refractivity contribution in [1.29, 1.82) is 0 Å². The molecular formula is C11H12N2O4S. The van der Waals surface area contributed by atoms with Crippen molar-refractivity contribution in [2.75, 3.05) is 11.4 Å². The highest BCUT2D eigenvalue weighted by molar-refractivity contribution is 7.11. The number of carboxylic acids is 1. The van der Waals surface area contributed by atoms with Crippen LogP contribution in [0.4, 0.5) is 5.00 Å². The number of amides is 1. The van der Waals surface area contributed by atoms with E-state index < -0.39 is 11.9 Å². The number of hydrogen-bond donors (Lipinski definition) is 1. The van der Waals surface area contributed by atoms with Crippen molar-refractivity contribution in [3.63, 3.8) is 0 Å². The number of nitrogens with zero attached hydrogens (tertiary/aromatic N) is 2. The SMILES string of the molecule is CC(=O)c1c(C)nsc1N1CC(C(=O)O)CC1=O. The lowest BCUT2D eigenvalue weighted by Crippen LogP contribution is -2.26. The molecule has 96 valence electrons. The third-order valence-corrected chi connectivity index (χ3v) is 3.88. The van der Waals surface area contributed by atoms with Gasteiger partial charge in [0, 0.05) is 13.0 Å². The van der Waals surface area contributed by atoms with Crippen molar-refractivity contribution in [3.05, 3.63) is 11.3 Å². The van der Waals surface area contributed by atoms with E-state index in [9.17, 15) is 14.4 Å². The Bertz CT molecular complexity index is 537. The maximum atomic E-state index is 11.8. The number of Topliss-reactive ketones (excluding diaryl/α,β-unsaturated/α-hetero) is 1. The second-order valence-electron chi connectivity index (χ2n) is 4.25. The van der Waals surface area contributed by atoms with Crippen LogP contribution in [0.5, 0.6) is 0 Å². The van der Waals surface area contributed by atoms with Crippen LogP contribution in [0.25, 0.3) is 0 Å². The van der Waals surface area contributed by atoms with E-state index in [0.717, 1.165) is 11.5 Å². The smallest absolute Gasteiger partial charge is 0.308 e. The second-order valence-corrected chi connectivity index (χ2v) is 5.00. The van der Waals surface area contributed by atoms with Crippen molar-refractivity contribution < 1.29 is 19.5 Å². The highest BCUT2D eigenvalue weighted by Crippen LogP contribution is 2.33. The summed E-state index contributed by atoms with van der Waals surface area (Å²) in [7, 11) is 0. The Morgan fingerprint density at radius 1 is 1.50 bits per heavy atom. The first-order valence-electron chi connectivity index (χ1n) is 5.42. The first-order valence-corrected chi connectivity index (χ1v) is 6.19. The van der Waals surface area contributed by atoms with E-state index >= 15 is 0 Å². The van der Waals surface area contributed by atoms with Crippen molar-refractivity contribution in [2.45, 2.75) is 20.3 Å². The summed E-state index contributed by atoms with van der Waals surface area (Å²) >= 11 is 1.06. The van der Waals surface area contributed by atoms with Crippen molar-refractivity contribution in [1.82, 2.24) is 4.37 Å². The molecule has 0 spiro atoms. The summed E-state index contributed by atoms with van der Waals surface area (Å²) in [6.45, 7) is 3.22. The second kappa shape index (κ2) is 4.49. The molecule has 1 aliphatic rings. The zero-order chi connectivity index (χ0) is 13.4. The average Bonchev–Trinajstić information content (AvgIpc) is 2.81.